The van der Waals surface area contributed by atoms with Crippen LogP contribution in [0.1, 0.15) is 20.3 Å². The fraction of sp³-hybridized carbons (Fsp3) is 0.846. The van der Waals surface area contributed by atoms with E-state index >= 15 is 0 Å². The van der Waals surface area contributed by atoms with E-state index in [1.807, 2.05) is 23.6 Å². The molecule has 0 aliphatic carbocycles. The van der Waals surface area contributed by atoms with Crippen molar-refractivity contribution in [3.05, 3.63) is 0 Å². The van der Waals surface area contributed by atoms with Gasteiger partial charge in [0.1, 0.15) is 0 Å². The normalized spacial score (nSPS) is 18.2. The molecular weight excluding hydrogens is 262 g/mol. The Hall–Kier alpha value is -0.750. The molecule has 1 aliphatic rings. The summed E-state index contributed by atoms with van der Waals surface area (Å²) >= 11 is 1.85. The van der Waals surface area contributed by atoms with Gasteiger partial charge in [-0.1, -0.05) is 0 Å². The largest absolute Gasteiger partial charge is 0.353 e. The smallest absolute Gasteiger partial charge is 0.224 e. The highest BCUT2D eigenvalue weighted by molar-refractivity contribution is 7.98. The predicted molar refractivity (Wildman–Crippen MR) is 79.3 cm³/mol. The highest BCUT2D eigenvalue weighted by Gasteiger charge is 2.22. The van der Waals surface area contributed by atoms with Crippen molar-refractivity contribution in [2.24, 2.45) is 0 Å². The van der Waals surface area contributed by atoms with E-state index < -0.39 is 0 Å². The van der Waals surface area contributed by atoms with Crippen molar-refractivity contribution in [1.82, 2.24) is 15.1 Å². The number of nitrogens with one attached hydrogen (secondary N) is 1. The number of thioether (sulfide) groups is 1. The molecule has 6 heteroatoms. The zero-order valence-corrected chi connectivity index (χ0v) is 13.0. The Balaban J connectivity index is 2.26. The molecule has 110 valence electrons. The highest BCUT2D eigenvalue weighted by atomic mass is 32.2. The molecule has 0 aromatic rings. The molecule has 1 atom stereocenters. The topological polar surface area (TPSA) is 52.6 Å². The number of carbonyl (C=O) groups excluding carboxylic acids is 2. The minimum absolute atomic E-state index is 0.0813. The first kappa shape index (κ1) is 16.3. The molecular formula is C13H25N3O2S. The Morgan fingerprint density at radius 1 is 1.26 bits per heavy atom. The van der Waals surface area contributed by atoms with Gasteiger partial charge in [-0.2, -0.15) is 11.8 Å². The Kier molecular flexibility index (Phi) is 7.23. The van der Waals surface area contributed by atoms with Gasteiger partial charge < -0.3 is 10.2 Å². The average Bonchev–Trinajstić information content (AvgIpc) is 2.35. The zero-order chi connectivity index (χ0) is 14.3. The van der Waals surface area contributed by atoms with Crippen LogP contribution in [-0.2, 0) is 9.59 Å². The van der Waals surface area contributed by atoms with Gasteiger partial charge in [0.15, 0.2) is 0 Å². The second-order valence-corrected chi connectivity index (χ2v) is 6.01. The molecule has 0 radical (unpaired) electrons. The van der Waals surface area contributed by atoms with Crippen molar-refractivity contribution in [2.75, 3.05) is 44.7 Å². The lowest BCUT2D eigenvalue weighted by atomic mass is 10.2. The molecule has 2 amide bonds. The first-order valence-electron chi connectivity index (χ1n) is 6.79. The third kappa shape index (κ3) is 6.29. The summed E-state index contributed by atoms with van der Waals surface area (Å²) in [7, 11) is 0. The molecule has 1 heterocycles. The molecule has 1 aliphatic heterocycles. The van der Waals surface area contributed by atoms with Crippen LogP contribution in [0.4, 0.5) is 0 Å². The van der Waals surface area contributed by atoms with Crippen LogP contribution in [0.25, 0.3) is 0 Å². The van der Waals surface area contributed by atoms with Crippen LogP contribution in [0.5, 0.6) is 0 Å². The lowest BCUT2D eigenvalue weighted by Gasteiger charge is -2.35. The van der Waals surface area contributed by atoms with Crippen molar-refractivity contribution in [3.8, 4) is 0 Å². The fourth-order valence-electron chi connectivity index (χ4n) is 2.23. The molecule has 0 bridgehead atoms. The SMILES string of the molecule is CSCCN1CCN(C(=O)C[C@H](C)NC(C)=O)CC1. The fourth-order valence-corrected chi connectivity index (χ4v) is 2.67. The van der Waals surface area contributed by atoms with Crippen LogP contribution < -0.4 is 5.32 Å². The van der Waals surface area contributed by atoms with E-state index in [1.165, 1.54) is 6.92 Å². The number of piperazine rings is 1. The van der Waals surface area contributed by atoms with Crippen LogP contribution in [0.15, 0.2) is 0 Å². The van der Waals surface area contributed by atoms with Crippen molar-refractivity contribution in [1.29, 1.82) is 0 Å². The maximum atomic E-state index is 12.1. The molecule has 1 saturated heterocycles. The standard InChI is InChI=1S/C13H25N3O2S/c1-11(14-12(2)17)10-13(18)16-6-4-15(5-7-16)8-9-19-3/h11H,4-10H2,1-3H3,(H,14,17)/t11-/m0/s1. The van der Waals surface area contributed by atoms with Gasteiger partial charge in [0, 0.05) is 57.9 Å². The minimum atomic E-state index is -0.0838. The van der Waals surface area contributed by atoms with Gasteiger partial charge in [-0.15, -0.1) is 0 Å². The summed E-state index contributed by atoms with van der Waals surface area (Å²) < 4.78 is 0. The quantitative estimate of drug-likeness (QED) is 0.769. The molecule has 0 aromatic carbocycles. The summed E-state index contributed by atoms with van der Waals surface area (Å²) in [5.74, 6) is 1.21. The molecule has 0 unspecified atom stereocenters. The summed E-state index contributed by atoms with van der Waals surface area (Å²) in [5.41, 5.74) is 0. The Labute approximate surface area is 120 Å². The lowest BCUT2D eigenvalue weighted by molar-refractivity contribution is -0.133. The molecule has 1 rings (SSSR count). The van der Waals surface area contributed by atoms with Crippen molar-refractivity contribution in [3.63, 3.8) is 0 Å². The van der Waals surface area contributed by atoms with E-state index in [0.717, 1.165) is 38.5 Å². The van der Waals surface area contributed by atoms with Gasteiger partial charge in [-0.3, -0.25) is 14.5 Å². The van der Waals surface area contributed by atoms with E-state index in [-0.39, 0.29) is 17.9 Å². The molecule has 0 saturated carbocycles. The highest BCUT2D eigenvalue weighted by Crippen LogP contribution is 2.06. The van der Waals surface area contributed by atoms with E-state index in [0.29, 0.717) is 6.42 Å². The van der Waals surface area contributed by atoms with Crippen LogP contribution in [0, 0.1) is 0 Å². The summed E-state index contributed by atoms with van der Waals surface area (Å²) in [6.07, 6.45) is 2.51. The van der Waals surface area contributed by atoms with Gasteiger partial charge in [0.25, 0.3) is 0 Å². The number of hydrogen-bond acceptors (Lipinski definition) is 4. The average molecular weight is 287 g/mol. The van der Waals surface area contributed by atoms with E-state index in [9.17, 15) is 9.59 Å². The van der Waals surface area contributed by atoms with Gasteiger partial charge in [0.2, 0.25) is 11.8 Å². The van der Waals surface area contributed by atoms with Gasteiger partial charge >= 0.3 is 0 Å². The first-order chi connectivity index (χ1) is 9.02. The van der Waals surface area contributed by atoms with E-state index in [4.69, 9.17) is 0 Å². The molecule has 5 nitrogen and oxygen atoms in total. The molecule has 0 spiro atoms. The van der Waals surface area contributed by atoms with Crippen LogP contribution in [-0.4, -0.2) is 72.4 Å². The lowest BCUT2D eigenvalue weighted by Crippen LogP contribution is -2.50. The summed E-state index contributed by atoms with van der Waals surface area (Å²) in [5, 5.41) is 2.75. The van der Waals surface area contributed by atoms with Crippen LogP contribution in [0.2, 0.25) is 0 Å². The predicted octanol–water partition coefficient (Wildman–Crippen LogP) is 0.408. The van der Waals surface area contributed by atoms with E-state index in [2.05, 4.69) is 16.5 Å². The molecule has 1 fully saturated rings. The third-order valence-corrected chi connectivity index (χ3v) is 3.86. The third-order valence-electron chi connectivity index (χ3n) is 3.27. The van der Waals surface area contributed by atoms with Crippen LogP contribution in [0.3, 0.4) is 0 Å². The second kappa shape index (κ2) is 8.43. The number of nitrogens with zero attached hydrogens (tertiary/aromatic N) is 2. The van der Waals surface area contributed by atoms with Gasteiger partial charge in [0.05, 0.1) is 0 Å². The number of carbonyl (C=O) groups is 2. The Morgan fingerprint density at radius 2 is 1.89 bits per heavy atom. The van der Waals surface area contributed by atoms with Crippen molar-refractivity contribution >= 4 is 23.6 Å². The van der Waals surface area contributed by atoms with Gasteiger partial charge in [-0.05, 0) is 13.2 Å². The summed E-state index contributed by atoms with van der Waals surface area (Å²) in [4.78, 5) is 27.3. The molecule has 0 aromatic heterocycles. The minimum Gasteiger partial charge on any atom is -0.353 e. The molecule has 1 N–H and O–H groups in total. The number of rotatable bonds is 6. The monoisotopic (exact) mass is 287 g/mol. The number of amides is 2. The Bertz CT molecular complexity index is 304. The van der Waals surface area contributed by atoms with E-state index in [1.54, 1.807) is 0 Å². The van der Waals surface area contributed by atoms with Crippen molar-refractivity contribution < 1.29 is 9.59 Å². The van der Waals surface area contributed by atoms with Crippen LogP contribution >= 0.6 is 11.8 Å². The summed E-state index contributed by atoms with van der Waals surface area (Å²) in [6.45, 7) is 7.98. The second-order valence-electron chi connectivity index (χ2n) is 5.02. The summed E-state index contributed by atoms with van der Waals surface area (Å²) in [6, 6.07) is -0.0838. The van der Waals surface area contributed by atoms with Gasteiger partial charge in [-0.25, -0.2) is 0 Å². The number of hydrogen-bond donors (Lipinski definition) is 1. The maximum absolute atomic E-state index is 12.1. The van der Waals surface area contributed by atoms with Crippen molar-refractivity contribution in [2.45, 2.75) is 26.3 Å². The Morgan fingerprint density at radius 3 is 2.42 bits per heavy atom. The maximum Gasteiger partial charge on any atom is 0.224 e. The first-order valence-corrected chi connectivity index (χ1v) is 8.18. The zero-order valence-electron chi connectivity index (χ0n) is 12.1. The molecule has 19 heavy (non-hydrogen) atoms.